The molecular formula is C47H57N3O17. The quantitative estimate of drug-likeness (QED) is 0.193. The Bertz CT molecular complexity index is 2350. The summed E-state index contributed by atoms with van der Waals surface area (Å²) < 4.78 is 55.3. The largest absolute Gasteiger partial charge is 0.509 e. The van der Waals surface area contributed by atoms with Crippen molar-refractivity contribution in [2.45, 2.75) is 127 Å². The number of ketones is 1. The molecule has 2 aromatic rings. The number of aliphatic hydroxyl groups excluding tert-OH is 1. The van der Waals surface area contributed by atoms with Crippen molar-refractivity contribution in [1.82, 2.24) is 15.2 Å². The smallest absolute Gasteiger partial charge is 0.454 e. The number of esters is 3. The first-order valence-electron chi connectivity index (χ1n) is 21.8. The summed E-state index contributed by atoms with van der Waals surface area (Å²) in [5.74, 6) is -5.46. The average molecular weight is 936 g/mol. The molecule has 67 heavy (non-hydrogen) atoms. The second kappa shape index (κ2) is 17.5. The van der Waals surface area contributed by atoms with E-state index in [1.54, 1.807) is 65.0 Å². The standard InChI is InChI=1S/C47H57N3O17/c1-23-29-33(59-11)35(53)45(8)27(61-41(57)50(9)10)21-28-46(22-60-28,65-24(2)51)34(45)37(63-38(54)25-17-13-12-14-18-25)47(44(29,6)7)36(64-42(58)67-47)32(23)62-39(55)31(52)30(26-19-15-16-20-48-26)49-40(56)66-43(3,4)5/h12-20,27-28,30-34,36-37,52H,21-22H2,1-11H3,(H,49,56)/t27-,28+,30-,31+,32+,33+,34-,36-,37-,45+,46-,47+/m0/s1. The second-order valence-corrected chi connectivity index (χ2v) is 19.4. The molecule has 3 aliphatic carbocycles. The number of pyridine rings is 1. The van der Waals surface area contributed by atoms with Crippen LogP contribution in [0.3, 0.4) is 0 Å². The van der Waals surface area contributed by atoms with Crippen molar-refractivity contribution in [3.8, 4) is 0 Å². The van der Waals surface area contributed by atoms with Crippen LogP contribution in [0, 0.1) is 16.7 Å². The van der Waals surface area contributed by atoms with Gasteiger partial charge in [0.05, 0.1) is 29.2 Å². The van der Waals surface area contributed by atoms with Gasteiger partial charge in [-0.1, -0.05) is 38.1 Å². The van der Waals surface area contributed by atoms with Gasteiger partial charge in [0.1, 0.15) is 30.0 Å². The first-order valence-corrected chi connectivity index (χ1v) is 21.8. The van der Waals surface area contributed by atoms with Crippen molar-refractivity contribution in [2.24, 2.45) is 16.7 Å². The Balaban J connectivity index is 1.47. The van der Waals surface area contributed by atoms with E-state index in [0.29, 0.717) is 0 Å². The molecule has 2 saturated carbocycles. The highest BCUT2D eigenvalue weighted by molar-refractivity contribution is 5.95. The Morgan fingerprint density at radius 3 is 2.21 bits per heavy atom. The minimum absolute atomic E-state index is 0.0320. The van der Waals surface area contributed by atoms with Gasteiger partial charge in [0.25, 0.3) is 0 Å². The monoisotopic (exact) mass is 935 g/mol. The number of nitrogens with zero attached hydrogens (tertiary/aromatic N) is 2. The van der Waals surface area contributed by atoms with Crippen molar-refractivity contribution in [3.05, 3.63) is 77.1 Å². The van der Waals surface area contributed by atoms with E-state index in [2.05, 4.69) is 10.3 Å². The summed E-state index contributed by atoms with van der Waals surface area (Å²) in [5, 5.41) is 14.3. The number of amides is 2. The SMILES string of the molecule is CO[C@H]1C(=O)[C@]2(C)[C@@H](OC(=O)N(C)C)C[C@H]3OC[C@@]3(OC(C)=O)[C@H]2[C@H](OC(=O)c2ccccc2)[C@]23OC(=O)O[C@H]2[C@H](OC(=O)[C@H](O)[C@@H](NC(=O)OC(C)(C)C)c2ccccn2)C(C)=C1C3(C)C. The van der Waals surface area contributed by atoms with Crippen LogP contribution in [0.4, 0.5) is 14.4 Å². The van der Waals surface area contributed by atoms with Crippen molar-refractivity contribution >= 4 is 42.0 Å². The topological polar surface area (TPSA) is 251 Å². The number of rotatable bonds is 10. The molecule has 5 aliphatic rings. The molecule has 2 amide bonds. The number of fused-ring (bicyclic) bond motifs is 4. The van der Waals surface area contributed by atoms with Crippen LogP contribution in [0.2, 0.25) is 0 Å². The van der Waals surface area contributed by atoms with Crippen molar-refractivity contribution in [2.75, 3.05) is 27.8 Å². The zero-order valence-corrected chi connectivity index (χ0v) is 39.2. The van der Waals surface area contributed by atoms with E-state index in [9.17, 15) is 33.9 Å². The molecule has 2 N–H and O–H groups in total. The molecule has 1 aromatic carbocycles. The van der Waals surface area contributed by atoms with Gasteiger partial charge in [0.2, 0.25) is 5.60 Å². The number of alkyl carbamates (subject to hydrolysis) is 1. The average Bonchev–Trinajstić information content (AvgIpc) is 3.62. The van der Waals surface area contributed by atoms with Gasteiger partial charge < -0.3 is 58.0 Å². The molecule has 4 fully saturated rings. The Kier molecular flexibility index (Phi) is 12.8. The molecule has 362 valence electrons. The molecule has 7 rings (SSSR count). The number of carbonyl (C=O) groups is 7. The maximum atomic E-state index is 16.0. The number of nitrogens with one attached hydrogen (secondary N) is 1. The van der Waals surface area contributed by atoms with Crippen LogP contribution in [-0.4, -0.2) is 144 Å². The lowest BCUT2D eigenvalue weighted by Crippen LogP contribution is -2.83. The van der Waals surface area contributed by atoms with Gasteiger partial charge in [-0.3, -0.25) is 14.6 Å². The lowest BCUT2D eigenvalue weighted by atomic mass is 9.44. The zero-order valence-electron chi connectivity index (χ0n) is 39.2. The number of carbonyl (C=O) groups excluding carboxylic acids is 7. The van der Waals surface area contributed by atoms with Crippen LogP contribution < -0.4 is 5.32 Å². The van der Waals surface area contributed by atoms with Gasteiger partial charge in [0, 0.05) is 46.2 Å². The summed E-state index contributed by atoms with van der Waals surface area (Å²) in [6.45, 7) is 11.9. The van der Waals surface area contributed by atoms with Gasteiger partial charge in [0.15, 0.2) is 35.8 Å². The number of hydrogen-bond acceptors (Lipinski definition) is 18. The molecular weight excluding hydrogens is 879 g/mol. The molecule has 20 heteroatoms. The molecule has 1 spiro atoms. The molecule has 2 aliphatic heterocycles. The van der Waals surface area contributed by atoms with E-state index >= 15 is 4.79 Å². The van der Waals surface area contributed by atoms with Crippen LogP contribution in [0.15, 0.2) is 65.9 Å². The predicted molar refractivity (Wildman–Crippen MR) is 229 cm³/mol. The van der Waals surface area contributed by atoms with E-state index < -0.39 is 124 Å². The van der Waals surface area contributed by atoms with Crippen LogP contribution >= 0.6 is 0 Å². The first kappa shape index (κ1) is 48.8. The second-order valence-electron chi connectivity index (χ2n) is 19.4. The highest BCUT2D eigenvalue weighted by Crippen LogP contribution is 2.67. The van der Waals surface area contributed by atoms with Crippen molar-refractivity contribution < 1.29 is 81.3 Å². The van der Waals surface area contributed by atoms with Gasteiger partial charge in [-0.15, -0.1) is 0 Å². The molecule has 12 atom stereocenters. The third-order valence-corrected chi connectivity index (χ3v) is 13.7. The molecule has 0 unspecified atom stereocenters. The molecule has 20 nitrogen and oxygen atoms in total. The summed E-state index contributed by atoms with van der Waals surface area (Å²) in [6, 6.07) is 10.8. The number of hydrogen-bond donors (Lipinski definition) is 2. The Morgan fingerprint density at radius 2 is 1.64 bits per heavy atom. The fourth-order valence-corrected chi connectivity index (χ4v) is 10.7. The summed E-state index contributed by atoms with van der Waals surface area (Å²) >= 11 is 0. The number of Topliss-reactive ketones (excluding diaryl/α,β-unsaturated/α-hetero) is 1. The fourth-order valence-electron chi connectivity index (χ4n) is 10.7. The lowest BCUT2D eigenvalue weighted by molar-refractivity contribution is -0.345. The minimum atomic E-state index is -2.33. The molecule has 3 heterocycles. The van der Waals surface area contributed by atoms with Crippen LogP contribution in [0.1, 0.15) is 83.9 Å². The lowest BCUT2D eigenvalue weighted by Gasteiger charge is -2.67. The maximum Gasteiger partial charge on any atom is 0.509 e. The number of aliphatic hydroxyl groups is 1. The maximum absolute atomic E-state index is 16.0. The predicted octanol–water partition coefficient (Wildman–Crippen LogP) is 4.17. The third-order valence-electron chi connectivity index (χ3n) is 13.7. The summed E-state index contributed by atoms with van der Waals surface area (Å²) in [4.78, 5) is 105. The Morgan fingerprint density at radius 1 is 0.970 bits per heavy atom. The van der Waals surface area contributed by atoms with Crippen molar-refractivity contribution in [3.63, 3.8) is 0 Å². The van der Waals surface area contributed by atoms with Gasteiger partial charge in [-0.2, -0.15) is 0 Å². The number of benzene rings is 1. The number of ether oxygens (including phenoxy) is 9. The summed E-state index contributed by atoms with van der Waals surface area (Å²) in [5.41, 5.74) is -8.55. The van der Waals surface area contributed by atoms with Crippen LogP contribution in [-0.2, 0) is 57.0 Å². The zero-order chi connectivity index (χ0) is 49.2. The van der Waals surface area contributed by atoms with Gasteiger partial charge in [-0.25, -0.2) is 24.0 Å². The Labute approximate surface area is 386 Å². The normalized spacial score (nSPS) is 32.3. The van der Waals surface area contributed by atoms with Crippen LogP contribution in [0.25, 0.3) is 0 Å². The highest BCUT2D eigenvalue weighted by atomic mass is 16.8. The molecule has 1 aromatic heterocycles. The third kappa shape index (κ3) is 8.05. The fraction of sp³-hybridized carbons (Fsp3) is 0.574. The van der Waals surface area contributed by atoms with Crippen LogP contribution in [0.5, 0.6) is 0 Å². The van der Waals surface area contributed by atoms with E-state index in [0.717, 1.165) is 11.8 Å². The molecule has 0 radical (unpaired) electrons. The van der Waals surface area contributed by atoms with E-state index in [-0.39, 0.29) is 35.4 Å². The summed E-state index contributed by atoms with van der Waals surface area (Å²) in [7, 11) is 4.15. The highest BCUT2D eigenvalue weighted by Gasteiger charge is 2.83. The number of aromatic nitrogens is 1. The minimum Gasteiger partial charge on any atom is -0.454 e. The van der Waals surface area contributed by atoms with E-state index in [4.69, 9.17) is 42.6 Å². The van der Waals surface area contributed by atoms with Gasteiger partial charge in [-0.05, 0) is 70.0 Å². The molecule has 2 bridgehead atoms. The van der Waals surface area contributed by atoms with Gasteiger partial charge >= 0.3 is 36.2 Å². The Hall–Kier alpha value is -6.12. The summed E-state index contributed by atoms with van der Waals surface area (Å²) in [6.07, 6.45) is -13.6. The van der Waals surface area contributed by atoms with E-state index in [1.807, 2.05) is 0 Å². The van der Waals surface area contributed by atoms with Crippen molar-refractivity contribution in [1.29, 1.82) is 0 Å². The first-order chi connectivity index (χ1) is 31.3. The molecule has 2 saturated heterocycles. The number of methoxy groups -OCH3 is 1. The van der Waals surface area contributed by atoms with E-state index in [1.165, 1.54) is 59.4 Å².